The van der Waals surface area contributed by atoms with Crippen LogP contribution < -0.4 is 0 Å². The lowest BCUT2D eigenvalue weighted by molar-refractivity contribution is 0.472. The molecule has 1 atom stereocenters. The summed E-state index contributed by atoms with van der Waals surface area (Å²) < 4.78 is 13.4. The summed E-state index contributed by atoms with van der Waals surface area (Å²) in [5.41, 5.74) is 5.77. The van der Waals surface area contributed by atoms with Crippen LogP contribution in [0.3, 0.4) is 0 Å². The second-order valence-electron chi connectivity index (χ2n) is 8.03. The van der Waals surface area contributed by atoms with Gasteiger partial charge >= 0.3 is 0 Å². The van der Waals surface area contributed by atoms with Gasteiger partial charge in [-0.15, -0.1) is 0 Å². The molecule has 0 aliphatic carbocycles. The van der Waals surface area contributed by atoms with Crippen LogP contribution in [-0.2, 0) is 0 Å². The highest BCUT2D eigenvalue weighted by atomic mass is 19.1. The molecule has 1 aromatic rings. The fraction of sp³-hybridized carbons (Fsp3) is 0.391. The van der Waals surface area contributed by atoms with E-state index in [4.69, 9.17) is 4.99 Å². The fourth-order valence-electron chi connectivity index (χ4n) is 3.70. The van der Waals surface area contributed by atoms with Gasteiger partial charge in [0.15, 0.2) is 0 Å². The molecule has 0 N–H and O–H groups in total. The molecule has 3 heterocycles. The molecule has 27 heavy (non-hydrogen) atoms. The van der Waals surface area contributed by atoms with Crippen molar-refractivity contribution in [2.24, 2.45) is 15.9 Å². The number of hydrogen-bond acceptors (Lipinski definition) is 3. The van der Waals surface area contributed by atoms with Gasteiger partial charge in [-0.2, -0.15) is 0 Å². The van der Waals surface area contributed by atoms with Crippen molar-refractivity contribution in [3.05, 3.63) is 65.3 Å². The molecule has 0 bridgehead atoms. The van der Waals surface area contributed by atoms with Gasteiger partial charge < -0.3 is 4.90 Å². The van der Waals surface area contributed by atoms with Gasteiger partial charge in [0, 0.05) is 30.1 Å². The van der Waals surface area contributed by atoms with Crippen LogP contribution >= 0.6 is 0 Å². The van der Waals surface area contributed by atoms with Gasteiger partial charge in [-0.1, -0.05) is 26.0 Å². The summed E-state index contributed by atoms with van der Waals surface area (Å²) in [7, 11) is 0. The third-order valence-corrected chi connectivity index (χ3v) is 5.38. The van der Waals surface area contributed by atoms with E-state index in [1.165, 1.54) is 35.4 Å². The van der Waals surface area contributed by atoms with E-state index in [1.807, 2.05) is 18.3 Å². The van der Waals surface area contributed by atoms with E-state index < -0.39 is 0 Å². The summed E-state index contributed by atoms with van der Waals surface area (Å²) in [6.45, 7) is 7.47. The van der Waals surface area contributed by atoms with E-state index in [9.17, 15) is 4.39 Å². The van der Waals surface area contributed by atoms with Crippen LogP contribution in [-0.4, -0.2) is 29.0 Å². The number of allylic oxidation sites excluding steroid dienone is 3. The molecule has 140 valence electrons. The summed E-state index contributed by atoms with van der Waals surface area (Å²) in [5.74, 6) is 1.46. The molecule has 3 nitrogen and oxygen atoms in total. The summed E-state index contributed by atoms with van der Waals surface area (Å²) >= 11 is 0. The van der Waals surface area contributed by atoms with Crippen LogP contribution in [0, 0.1) is 11.7 Å². The highest BCUT2D eigenvalue weighted by Gasteiger charge is 2.30. The molecular weight excluding hydrogens is 337 g/mol. The molecule has 0 saturated heterocycles. The number of fused-ring (bicyclic) bond motifs is 1. The second-order valence-corrected chi connectivity index (χ2v) is 8.03. The van der Waals surface area contributed by atoms with Gasteiger partial charge in [0.2, 0.25) is 0 Å². The van der Waals surface area contributed by atoms with Gasteiger partial charge in [0.1, 0.15) is 11.7 Å². The van der Waals surface area contributed by atoms with Gasteiger partial charge in [-0.05, 0) is 60.6 Å². The van der Waals surface area contributed by atoms with Crippen LogP contribution in [0.1, 0.15) is 45.6 Å². The quantitative estimate of drug-likeness (QED) is 0.691. The Morgan fingerprint density at radius 1 is 1.22 bits per heavy atom. The number of benzene rings is 1. The molecule has 0 amide bonds. The minimum atomic E-state index is -0.216. The molecule has 4 heteroatoms. The number of rotatable bonds is 5. The molecule has 3 aliphatic rings. The third-order valence-electron chi connectivity index (χ3n) is 5.38. The van der Waals surface area contributed by atoms with Crippen LogP contribution in [0.4, 0.5) is 4.39 Å². The molecule has 1 unspecified atom stereocenters. The average molecular weight is 363 g/mol. The largest absolute Gasteiger partial charge is 0.328 e. The molecule has 0 saturated carbocycles. The summed E-state index contributed by atoms with van der Waals surface area (Å²) in [5, 5.41) is 0. The predicted molar refractivity (Wildman–Crippen MR) is 110 cm³/mol. The average Bonchev–Trinajstić information content (AvgIpc) is 3.27. The molecule has 3 aliphatic heterocycles. The Bertz CT molecular complexity index is 885. The molecular formula is C23H26FN3. The SMILES string of the molecule is CC(C)CCC1=NC=C(C2=CN3C(=NCC3C)C(c3ccc(F)cc3)=C2)C1. The highest BCUT2D eigenvalue weighted by molar-refractivity contribution is 6.25. The molecule has 0 spiro atoms. The molecule has 0 fully saturated rings. The maximum absolute atomic E-state index is 13.4. The van der Waals surface area contributed by atoms with Crippen molar-refractivity contribution in [1.82, 2.24) is 4.90 Å². The Balaban J connectivity index is 1.60. The van der Waals surface area contributed by atoms with Crippen molar-refractivity contribution >= 4 is 17.1 Å². The maximum Gasteiger partial charge on any atom is 0.135 e. The van der Waals surface area contributed by atoms with Gasteiger partial charge in [-0.3, -0.25) is 9.98 Å². The number of hydrogen-bond donors (Lipinski definition) is 0. The van der Waals surface area contributed by atoms with Crippen LogP contribution in [0.25, 0.3) is 5.57 Å². The second kappa shape index (κ2) is 7.26. The number of aliphatic imine (C=N–C) groups is 2. The molecule has 0 aromatic heterocycles. The Kier molecular flexibility index (Phi) is 4.81. The van der Waals surface area contributed by atoms with Crippen molar-refractivity contribution in [3.63, 3.8) is 0 Å². The fourth-order valence-corrected chi connectivity index (χ4v) is 3.70. The van der Waals surface area contributed by atoms with Crippen molar-refractivity contribution in [2.45, 2.75) is 46.1 Å². The van der Waals surface area contributed by atoms with E-state index in [0.717, 1.165) is 36.4 Å². The standard InChI is InChI=1S/C23H26FN3/c1-15(2)4-9-21-10-18(13-25-21)19-11-22(17-5-7-20(24)8-6-17)23-26-12-16(3)27(23)14-19/h5-8,11,13-16H,4,9-10,12H2,1-3H3. The van der Waals surface area contributed by atoms with Gasteiger partial charge in [-0.25, -0.2) is 4.39 Å². The zero-order chi connectivity index (χ0) is 19.0. The van der Waals surface area contributed by atoms with Crippen LogP contribution in [0.2, 0.25) is 0 Å². The number of nitrogens with zero attached hydrogens (tertiary/aromatic N) is 3. The van der Waals surface area contributed by atoms with E-state index in [2.05, 4.69) is 42.9 Å². The van der Waals surface area contributed by atoms with E-state index in [1.54, 1.807) is 0 Å². The van der Waals surface area contributed by atoms with E-state index in [0.29, 0.717) is 12.0 Å². The van der Waals surface area contributed by atoms with Crippen molar-refractivity contribution < 1.29 is 4.39 Å². The normalized spacial score (nSPS) is 21.6. The Morgan fingerprint density at radius 2 is 2.00 bits per heavy atom. The lowest BCUT2D eigenvalue weighted by Gasteiger charge is -2.28. The topological polar surface area (TPSA) is 28.0 Å². The first-order chi connectivity index (χ1) is 13.0. The molecule has 0 radical (unpaired) electrons. The Morgan fingerprint density at radius 3 is 2.74 bits per heavy atom. The number of amidine groups is 1. The summed E-state index contributed by atoms with van der Waals surface area (Å²) in [6, 6.07) is 7.03. The summed E-state index contributed by atoms with van der Waals surface area (Å²) in [4.78, 5) is 11.6. The van der Waals surface area contributed by atoms with Crippen molar-refractivity contribution in [2.75, 3.05) is 6.54 Å². The predicted octanol–water partition coefficient (Wildman–Crippen LogP) is 5.37. The van der Waals surface area contributed by atoms with Crippen LogP contribution in [0.5, 0.6) is 0 Å². The first-order valence-electron chi connectivity index (χ1n) is 9.79. The van der Waals surface area contributed by atoms with Gasteiger partial charge in [0.05, 0.1) is 12.6 Å². The monoisotopic (exact) mass is 363 g/mol. The lowest BCUT2D eigenvalue weighted by Crippen LogP contribution is -2.32. The van der Waals surface area contributed by atoms with E-state index in [-0.39, 0.29) is 5.82 Å². The maximum atomic E-state index is 13.4. The first-order valence-corrected chi connectivity index (χ1v) is 9.79. The Labute approximate surface area is 160 Å². The van der Waals surface area contributed by atoms with Crippen molar-refractivity contribution in [3.8, 4) is 0 Å². The van der Waals surface area contributed by atoms with E-state index >= 15 is 0 Å². The summed E-state index contributed by atoms with van der Waals surface area (Å²) in [6.07, 6.45) is 9.56. The molecule has 1 aromatic carbocycles. The highest BCUT2D eigenvalue weighted by Crippen LogP contribution is 2.34. The van der Waals surface area contributed by atoms with Gasteiger partial charge in [0.25, 0.3) is 0 Å². The zero-order valence-electron chi connectivity index (χ0n) is 16.2. The lowest BCUT2D eigenvalue weighted by atomic mass is 9.93. The minimum absolute atomic E-state index is 0.216. The Hall–Kier alpha value is -2.49. The van der Waals surface area contributed by atoms with Crippen molar-refractivity contribution in [1.29, 1.82) is 0 Å². The number of halogens is 1. The zero-order valence-corrected chi connectivity index (χ0v) is 16.2. The third kappa shape index (κ3) is 3.66. The van der Waals surface area contributed by atoms with Crippen LogP contribution in [0.15, 0.2) is 63.9 Å². The smallest absolute Gasteiger partial charge is 0.135 e. The molecule has 4 rings (SSSR count). The first kappa shape index (κ1) is 17.9. The minimum Gasteiger partial charge on any atom is -0.328 e.